The standard InChI is InChI=1S/C24H39N7.HI/c1-5-29-13-15-30(16-14-29)19-23-10-7-6-9-22(23)18-27-24(25-4)26-11-8-12-31-21(3)17-20(2)28-31;/h6-7,9-10,17H,5,8,11-16,18-19H2,1-4H3,(H2,25,26,27);1H. The van der Waals surface area contributed by atoms with Crippen LogP contribution in [0.25, 0.3) is 0 Å². The van der Waals surface area contributed by atoms with E-state index in [0.717, 1.165) is 63.9 Å². The van der Waals surface area contributed by atoms with Crippen molar-refractivity contribution in [2.75, 3.05) is 46.3 Å². The van der Waals surface area contributed by atoms with Crippen LogP contribution in [0.15, 0.2) is 35.3 Å². The topological polar surface area (TPSA) is 60.7 Å². The zero-order valence-corrected chi connectivity index (χ0v) is 22.4. The third-order valence-electron chi connectivity index (χ3n) is 6.04. The minimum Gasteiger partial charge on any atom is -0.356 e. The van der Waals surface area contributed by atoms with Crippen molar-refractivity contribution in [3.05, 3.63) is 52.8 Å². The van der Waals surface area contributed by atoms with Gasteiger partial charge in [0.2, 0.25) is 0 Å². The van der Waals surface area contributed by atoms with Gasteiger partial charge in [0.25, 0.3) is 0 Å². The first-order valence-corrected chi connectivity index (χ1v) is 11.6. The van der Waals surface area contributed by atoms with Crippen LogP contribution in [0.4, 0.5) is 0 Å². The van der Waals surface area contributed by atoms with Crippen molar-refractivity contribution in [1.82, 2.24) is 30.2 Å². The predicted octanol–water partition coefficient (Wildman–Crippen LogP) is 3.01. The summed E-state index contributed by atoms with van der Waals surface area (Å²) >= 11 is 0. The minimum absolute atomic E-state index is 0. The number of nitrogens with zero attached hydrogens (tertiary/aromatic N) is 5. The number of likely N-dealkylation sites (N-methyl/N-ethyl adjacent to an activating group) is 1. The Kier molecular flexibility index (Phi) is 11.5. The average molecular weight is 554 g/mol. The molecule has 32 heavy (non-hydrogen) atoms. The second kappa shape index (κ2) is 13.8. The molecule has 3 rings (SSSR count). The summed E-state index contributed by atoms with van der Waals surface area (Å²) in [4.78, 5) is 9.48. The molecular weight excluding hydrogens is 513 g/mol. The van der Waals surface area contributed by atoms with E-state index < -0.39 is 0 Å². The molecule has 0 atom stereocenters. The van der Waals surface area contributed by atoms with Crippen molar-refractivity contribution in [2.45, 2.75) is 46.8 Å². The minimum atomic E-state index is 0. The van der Waals surface area contributed by atoms with Crippen LogP contribution in [0.2, 0.25) is 0 Å². The van der Waals surface area contributed by atoms with Crippen molar-refractivity contribution < 1.29 is 0 Å². The van der Waals surface area contributed by atoms with E-state index in [9.17, 15) is 0 Å². The maximum atomic E-state index is 4.53. The summed E-state index contributed by atoms with van der Waals surface area (Å²) in [5.74, 6) is 0.847. The van der Waals surface area contributed by atoms with Gasteiger partial charge in [0.05, 0.1) is 5.69 Å². The van der Waals surface area contributed by atoms with Crippen molar-refractivity contribution >= 4 is 29.9 Å². The van der Waals surface area contributed by atoms with Crippen molar-refractivity contribution in [3.63, 3.8) is 0 Å². The van der Waals surface area contributed by atoms with Gasteiger partial charge in [0.15, 0.2) is 5.96 Å². The average Bonchev–Trinajstić information content (AvgIpc) is 3.11. The van der Waals surface area contributed by atoms with Crippen molar-refractivity contribution in [1.29, 1.82) is 0 Å². The number of aryl methyl sites for hydroxylation is 3. The molecule has 0 amide bonds. The molecule has 1 aromatic carbocycles. The van der Waals surface area contributed by atoms with Crippen LogP contribution in [0.3, 0.4) is 0 Å². The van der Waals surface area contributed by atoms with Crippen LogP contribution in [0, 0.1) is 13.8 Å². The first kappa shape index (κ1) is 26.6. The quantitative estimate of drug-likeness (QED) is 0.217. The maximum absolute atomic E-state index is 4.53. The van der Waals surface area contributed by atoms with E-state index in [1.807, 2.05) is 14.0 Å². The first-order valence-electron chi connectivity index (χ1n) is 11.6. The molecule has 7 nitrogen and oxygen atoms in total. The fraction of sp³-hybridized carbons (Fsp3) is 0.583. The smallest absolute Gasteiger partial charge is 0.191 e. The molecule has 0 unspecified atom stereocenters. The lowest BCUT2D eigenvalue weighted by atomic mass is 10.1. The molecule has 0 bridgehead atoms. The van der Waals surface area contributed by atoms with Crippen LogP contribution in [-0.4, -0.2) is 71.9 Å². The lowest BCUT2D eigenvalue weighted by molar-refractivity contribution is 0.131. The van der Waals surface area contributed by atoms with Gasteiger partial charge in [-0.3, -0.25) is 14.6 Å². The molecule has 1 aromatic heterocycles. The molecule has 1 saturated heterocycles. The second-order valence-corrected chi connectivity index (χ2v) is 8.34. The highest BCUT2D eigenvalue weighted by atomic mass is 127. The summed E-state index contributed by atoms with van der Waals surface area (Å²) in [6.07, 6.45) is 1.00. The van der Waals surface area contributed by atoms with E-state index in [-0.39, 0.29) is 24.0 Å². The molecule has 8 heteroatoms. The Morgan fingerprint density at radius 2 is 1.72 bits per heavy atom. The van der Waals surface area contributed by atoms with E-state index in [1.54, 1.807) is 0 Å². The molecule has 2 heterocycles. The molecule has 1 fully saturated rings. The number of aromatic nitrogens is 2. The van der Waals surface area contributed by atoms with Gasteiger partial charge < -0.3 is 15.5 Å². The summed E-state index contributed by atoms with van der Waals surface area (Å²) < 4.78 is 2.07. The molecule has 0 spiro atoms. The van der Waals surface area contributed by atoms with Gasteiger partial charge in [0.1, 0.15) is 0 Å². The third-order valence-corrected chi connectivity index (χ3v) is 6.04. The second-order valence-electron chi connectivity index (χ2n) is 8.34. The number of halogens is 1. The Hall–Kier alpha value is -1.65. The van der Waals surface area contributed by atoms with E-state index in [1.165, 1.54) is 29.9 Å². The Bertz CT molecular complexity index is 841. The first-order chi connectivity index (χ1) is 15.1. The van der Waals surface area contributed by atoms with Crippen LogP contribution in [0.5, 0.6) is 0 Å². The summed E-state index contributed by atoms with van der Waals surface area (Å²) in [5.41, 5.74) is 5.03. The Labute approximate surface area is 210 Å². The Balaban J connectivity index is 0.00000363. The van der Waals surface area contributed by atoms with E-state index >= 15 is 0 Å². The lowest BCUT2D eigenvalue weighted by Gasteiger charge is -2.34. The largest absolute Gasteiger partial charge is 0.356 e. The molecular formula is C24H40IN7. The highest BCUT2D eigenvalue weighted by Crippen LogP contribution is 2.13. The van der Waals surface area contributed by atoms with Gasteiger partial charge in [-0.2, -0.15) is 5.10 Å². The van der Waals surface area contributed by atoms with E-state index in [4.69, 9.17) is 0 Å². The van der Waals surface area contributed by atoms with Crippen LogP contribution >= 0.6 is 24.0 Å². The van der Waals surface area contributed by atoms with E-state index in [2.05, 4.69) is 79.4 Å². The SMILES string of the molecule is CCN1CCN(Cc2ccccc2CNC(=NC)NCCCn2nc(C)cc2C)CC1.I. The number of aliphatic imine (C=N–C) groups is 1. The van der Waals surface area contributed by atoms with Crippen LogP contribution in [0.1, 0.15) is 35.9 Å². The number of benzene rings is 1. The summed E-state index contributed by atoms with van der Waals surface area (Å²) in [6, 6.07) is 10.9. The monoisotopic (exact) mass is 553 g/mol. The van der Waals surface area contributed by atoms with E-state index in [0.29, 0.717) is 0 Å². The molecule has 2 N–H and O–H groups in total. The normalized spacial score (nSPS) is 15.4. The van der Waals surface area contributed by atoms with Gasteiger partial charge in [-0.1, -0.05) is 31.2 Å². The molecule has 2 aromatic rings. The number of hydrogen-bond acceptors (Lipinski definition) is 4. The lowest BCUT2D eigenvalue weighted by Crippen LogP contribution is -2.45. The summed E-state index contributed by atoms with van der Waals surface area (Å²) in [6.45, 7) is 15.8. The van der Waals surface area contributed by atoms with Crippen LogP contribution in [-0.2, 0) is 19.6 Å². The zero-order chi connectivity index (χ0) is 22.1. The highest BCUT2D eigenvalue weighted by Gasteiger charge is 2.16. The molecule has 0 saturated carbocycles. The van der Waals surface area contributed by atoms with Crippen LogP contribution < -0.4 is 10.6 Å². The zero-order valence-electron chi connectivity index (χ0n) is 20.1. The third kappa shape index (κ3) is 8.04. The van der Waals surface area contributed by atoms with Gasteiger partial charge in [-0.15, -0.1) is 24.0 Å². The summed E-state index contributed by atoms with van der Waals surface area (Å²) in [5, 5.41) is 11.4. The molecule has 1 aliphatic heterocycles. The van der Waals surface area contributed by atoms with Crippen molar-refractivity contribution in [3.8, 4) is 0 Å². The van der Waals surface area contributed by atoms with Crippen molar-refractivity contribution in [2.24, 2.45) is 4.99 Å². The maximum Gasteiger partial charge on any atom is 0.191 e. The Morgan fingerprint density at radius 1 is 1.03 bits per heavy atom. The fourth-order valence-corrected chi connectivity index (χ4v) is 4.13. The summed E-state index contributed by atoms with van der Waals surface area (Å²) in [7, 11) is 1.83. The number of hydrogen-bond donors (Lipinski definition) is 2. The highest BCUT2D eigenvalue weighted by molar-refractivity contribution is 14.0. The molecule has 1 aliphatic rings. The van der Waals surface area contributed by atoms with Gasteiger partial charge in [-0.25, -0.2) is 0 Å². The molecule has 0 radical (unpaired) electrons. The van der Waals surface area contributed by atoms with Gasteiger partial charge in [-0.05, 0) is 44.0 Å². The predicted molar refractivity (Wildman–Crippen MR) is 144 cm³/mol. The molecule has 0 aliphatic carbocycles. The van der Waals surface area contributed by atoms with Gasteiger partial charge in [0, 0.05) is 65.1 Å². The molecule has 178 valence electrons. The fourth-order valence-electron chi connectivity index (χ4n) is 4.13. The Morgan fingerprint density at radius 3 is 2.34 bits per heavy atom. The number of piperazine rings is 1. The number of guanidine groups is 1. The number of rotatable bonds is 9. The van der Waals surface area contributed by atoms with Gasteiger partial charge >= 0.3 is 0 Å². The number of nitrogens with one attached hydrogen (secondary N) is 2.